The number of methoxy groups -OCH3 is 1. The minimum absolute atomic E-state index is 0.0169. The number of hydrogen-bond donors (Lipinski definition) is 0. The Hall–Kier alpha value is -1.95. The van der Waals surface area contributed by atoms with Crippen LogP contribution in [0.15, 0.2) is 29.5 Å². The quantitative estimate of drug-likeness (QED) is 0.770. The van der Waals surface area contributed by atoms with E-state index in [1.807, 2.05) is 0 Å². The lowest BCUT2D eigenvalue weighted by atomic mass is 10.4. The molecular formula is C9H7ClN4O2. The summed E-state index contributed by atoms with van der Waals surface area (Å²) in [4.78, 5) is 22.9. The Bertz CT molecular complexity index is 569. The van der Waals surface area contributed by atoms with Gasteiger partial charge in [-0.15, -0.1) is 4.98 Å². The van der Waals surface area contributed by atoms with Crippen LogP contribution in [0.1, 0.15) is 0 Å². The third kappa shape index (κ3) is 2.01. The van der Waals surface area contributed by atoms with Gasteiger partial charge in [-0.2, -0.15) is 4.98 Å². The van der Waals surface area contributed by atoms with Gasteiger partial charge in [-0.25, -0.2) is 14.3 Å². The fourth-order valence-corrected chi connectivity index (χ4v) is 1.26. The molecule has 0 unspecified atom stereocenters. The Kier molecular flexibility index (Phi) is 2.82. The molecule has 2 heterocycles. The second-order valence-electron chi connectivity index (χ2n) is 2.83. The predicted molar refractivity (Wildman–Crippen MR) is 57.0 cm³/mol. The molecular weight excluding hydrogens is 232 g/mol. The van der Waals surface area contributed by atoms with Crippen LogP contribution in [0.4, 0.5) is 0 Å². The largest absolute Gasteiger partial charge is 0.467 e. The molecule has 0 spiro atoms. The van der Waals surface area contributed by atoms with E-state index in [2.05, 4.69) is 15.0 Å². The van der Waals surface area contributed by atoms with Crippen LogP contribution in [-0.2, 0) is 0 Å². The summed E-state index contributed by atoms with van der Waals surface area (Å²) in [6, 6.07) is 3.17. The highest BCUT2D eigenvalue weighted by Crippen LogP contribution is 2.09. The summed E-state index contributed by atoms with van der Waals surface area (Å²) in [5, 5.41) is 0.479. The van der Waals surface area contributed by atoms with Crippen molar-refractivity contribution in [1.29, 1.82) is 0 Å². The summed E-state index contributed by atoms with van der Waals surface area (Å²) >= 11 is 5.78. The standard InChI is InChI=1S/C9H7ClN4O2/c1-16-8-12-5-14(9(15)13-8)7-4-6(10)2-3-11-7/h2-5H,1H3. The van der Waals surface area contributed by atoms with Gasteiger partial charge < -0.3 is 4.74 Å². The van der Waals surface area contributed by atoms with E-state index in [0.717, 1.165) is 0 Å². The Labute approximate surface area is 95.5 Å². The van der Waals surface area contributed by atoms with Gasteiger partial charge in [0.1, 0.15) is 12.1 Å². The van der Waals surface area contributed by atoms with Gasteiger partial charge in [0.2, 0.25) is 0 Å². The minimum Gasteiger partial charge on any atom is -0.467 e. The molecule has 0 bridgehead atoms. The smallest absolute Gasteiger partial charge is 0.359 e. The van der Waals surface area contributed by atoms with E-state index in [9.17, 15) is 4.79 Å². The molecule has 2 aromatic heterocycles. The number of hydrogen-bond acceptors (Lipinski definition) is 5. The van der Waals surface area contributed by atoms with Crippen molar-refractivity contribution < 1.29 is 4.74 Å². The number of rotatable bonds is 2. The molecule has 0 amide bonds. The van der Waals surface area contributed by atoms with Gasteiger partial charge in [0.25, 0.3) is 0 Å². The summed E-state index contributed by atoms with van der Waals surface area (Å²) in [6.45, 7) is 0. The Morgan fingerprint density at radius 2 is 2.25 bits per heavy atom. The van der Waals surface area contributed by atoms with Crippen LogP contribution in [0.25, 0.3) is 5.82 Å². The second-order valence-corrected chi connectivity index (χ2v) is 3.26. The van der Waals surface area contributed by atoms with Gasteiger partial charge >= 0.3 is 11.7 Å². The molecule has 6 nitrogen and oxygen atoms in total. The first kappa shape index (κ1) is 10.6. The highest BCUT2D eigenvalue weighted by Gasteiger charge is 2.05. The van der Waals surface area contributed by atoms with E-state index in [1.54, 1.807) is 12.1 Å². The molecule has 16 heavy (non-hydrogen) atoms. The lowest BCUT2D eigenvalue weighted by Gasteiger charge is -2.03. The number of aromatic nitrogens is 4. The van der Waals surface area contributed by atoms with Crippen molar-refractivity contribution in [3.8, 4) is 11.8 Å². The molecule has 0 aliphatic rings. The SMILES string of the molecule is COc1ncn(-c2cc(Cl)ccn2)c(=O)n1. The van der Waals surface area contributed by atoms with Crippen molar-refractivity contribution in [2.75, 3.05) is 7.11 Å². The zero-order valence-electron chi connectivity index (χ0n) is 8.29. The van der Waals surface area contributed by atoms with Crippen molar-refractivity contribution >= 4 is 11.6 Å². The predicted octanol–water partition coefficient (Wildman–Crippen LogP) is 0.684. The average Bonchev–Trinajstić information content (AvgIpc) is 2.28. The molecule has 2 rings (SSSR count). The van der Waals surface area contributed by atoms with Crippen LogP contribution in [0, 0.1) is 0 Å². The lowest BCUT2D eigenvalue weighted by molar-refractivity contribution is 0.374. The van der Waals surface area contributed by atoms with Crippen molar-refractivity contribution in [2.24, 2.45) is 0 Å². The minimum atomic E-state index is -0.526. The van der Waals surface area contributed by atoms with E-state index < -0.39 is 5.69 Å². The normalized spacial score (nSPS) is 10.1. The molecule has 0 aromatic carbocycles. The summed E-state index contributed by atoms with van der Waals surface area (Å²) in [5.74, 6) is 0.361. The Balaban J connectivity index is 2.53. The van der Waals surface area contributed by atoms with E-state index in [0.29, 0.717) is 10.8 Å². The molecule has 0 saturated carbocycles. The van der Waals surface area contributed by atoms with E-state index in [1.165, 1.54) is 24.2 Å². The van der Waals surface area contributed by atoms with Gasteiger partial charge in [0.05, 0.1) is 7.11 Å². The van der Waals surface area contributed by atoms with Crippen molar-refractivity contribution in [1.82, 2.24) is 19.5 Å². The molecule has 0 saturated heterocycles. The van der Waals surface area contributed by atoms with Crippen molar-refractivity contribution in [2.45, 2.75) is 0 Å². The maximum absolute atomic E-state index is 11.6. The molecule has 0 N–H and O–H groups in total. The van der Waals surface area contributed by atoms with E-state index in [4.69, 9.17) is 16.3 Å². The van der Waals surface area contributed by atoms with E-state index >= 15 is 0 Å². The van der Waals surface area contributed by atoms with Gasteiger partial charge in [-0.1, -0.05) is 11.6 Å². The molecule has 0 atom stereocenters. The Morgan fingerprint density at radius 3 is 2.88 bits per heavy atom. The second kappa shape index (κ2) is 4.28. The van der Waals surface area contributed by atoms with Crippen LogP contribution in [0.2, 0.25) is 5.02 Å². The maximum Gasteiger partial charge on any atom is 0.359 e. The number of ether oxygens (including phenoxy) is 1. The van der Waals surface area contributed by atoms with Crippen molar-refractivity contribution in [3.05, 3.63) is 40.2 Å². The maximum atomic E-state index is 11.6. The summed E-state index contributed by atoms with van der Waals surface area (Å²) in [5.41, 5.74) is -0.526. The topological polar surface area (TPSA) is 69.9 Å². The summed E-state index contributed by atoms with van der Waals surface area (Å²) in [7, 11) is 1.39. The van der Waals surface area contributed by atoms with Gasteiger partial charge in [0.15, 0.2) is 0 Å². The van der Waals surface area contributed by atoms with Gasteiger partial charge in [0, 0.05) is 17.3 Å². The first-order valence-corrected chi connectivity index (χ1v) is 4.70. The molecule has 7 heteroatoms. The van der Waals surface area contributed by atoms with Crippen LogP contribution in [-0.4, -0.2) is 26.6 Å². The third-order valence-corrected chi connectivity index (χ3v) is 2.05. The van der Waals surface area contributed by atoms with Crippen LogP contribution < -0.4 is 10.4 Å². The van der Waals surface area contributed by atoms with Crippen LogP contribution >= 0.6 is 11.6 Å². The van der Waals surface area contributed by atoms with Gasteiger partial charge in [-0.3, -0.25) is 0 Å². The molecule has 0 radical (unpaired) electrons. The number of halogens is 1. The zero-order valence-corrected chi connectivity index (χ0v) is 9.05. The zero-order chi connectivity index (χ0) is 11.5. The first-order chi connectivity index (χ1) is 7.70. The van der Waals surface area contributed by atoms with E-state index in [-0.39, 0.29) is 6.01 Å². The molecule has 0 aliphatic heterocycles. The summed E-state index contributed by atoms with van der Waals surface area (Å²) in [6.07, 6.45) is 2.78. The molecule has 0 fully saturated rings. The molecule has 0 aliphatic carbocycles. The van der Waals surface area contributed by atoms with Gasteiger partial charge in [-0.05, 0) is 6.07 Å². The molecule has 82 valence electrons. The fraction of sp³-hybridized carbons (Fsp3) is 0.111. The van der Waals surface area contributed by atoms with Crippen LogP contribution in [0.5, 0.6) is 6.01 Å². The Morgan fingerprint density at radius 1 is 1.44 bits per heavy atom. The monoisotopic (exact) mass is 238 g/mol. The average molecular weight is 239 g/mol. The third-order valence-electron chi connectivity index (χ3n) is 1.82. The number of pyridine rings is 1. The molecule has 2 aromatic rings. The van der Waals surface area contributed by atoms with Crippen molar-refractivity contribution in [3.63, 3.8) is 0 Å². The first-order valence-electron chi connectivity index (χ1n) is 4.32. The highest BCUT2D eigenvalue weighted by atomic mass is 35.5. The highest BCUT2D eigenvalue weighted by molar-refractivity contribution is 6.30. The number of nitrogens with zero attached hydrogens (tertiary/aromatic N) is 4. The fourth-order valence-electron chi connectivity index (χ4n) is 1.10. The summed E-state index contributed by atoms with van der Waals surface area (Å²) < 4.78 is 5.90. The lowest BCUT2D eigenvalue weighted by Crippen LogP contribution is -2.22. The van der Waals surface area contributed by atoms with Crippen LogP contribution in [0.3, 0.4) is 0 Å².